The molecule has 1 fully saturated rings. The van der Waals surface area contributed by atoms with Gasteiger partial charge in [-0.3, -0.25) is 4.79 Å². The Labute approximate surface area is 398 Å². The summed E-state index contributed by atoms with van der Waals surface area (Å²) >= 11 is 0. The molecule has 9 heteroatoms. The van der Waals surface area contributed by atoms with Gasteiger partial charge in [0.25, 0.3) is 0 Å². The molecule has 0 bridgehead atoms. The molecule has 6 N–H and O–H groups in total. The number of ether oxygens (including phenoxy) is 2. The fourth-order valence-electron chi connectivity index (χ4n) is 8.22. The Hall–Kier alpha value is -2.11. The fraction of sp³-hybridized carbons (Fsp3) is 0.804. The number of hydrogen-bond acceptors (Lipinski definition) is 8. The Bertz CT molecular complexity index is 1200. The lowest BCUT2D eigenvalue weighted by Crippen LogP contribution is -2.60. The van der Waals surface area contributed by atoms with E-state index in [0.717, 1.165) is 57.8 Å². The Morgan fingerprint density at radius 1 is 0.523 bits per heavy atom. The highest BCUT2D eigenvalue weighted by molar-refractivity contribution is 5.76. The Balaban J connectivity index is 2.25. The summed E-state index contributed by atoms with van der Waals surface area (Å²) in [4.78, 5) is 13.0. The summed E-state index contributed by atoms with van der Waals surface area (Å²) in [5.41, 5.74) is 0. The van der Waals surface area contributed by atoms with Crippen LogP contribution in [0.15, 0.2) is 60.8 Å². The van der Waals surface area contributed by atoms with E-state index < -0.39 is 49.5 Å². The molecule has 0 aliphatic carbocycles. The summed E-state index contributed by atoms with van der Waals surface area (Å²) in [6.45, 7) is 3.74. The average Bonchev–Trinajstić information content (AvgIpc) is 3.31. The third-order valence-corrected chi connectivity index (χ3v) is 12.5. The van der Waals surface area contributed by atoms with Crippen LogP contribution < -0.4 is 5.32 Å². The molecule has 0 aromatic carbocycles. The van der Waals surface area contributed by atoms with Crippen LogP contribution >= 0.6 is 0 Å². The number of rotatable bonds is 45. The van der Waals surface area contributed by atoms with Gasteiger partial charge < -0.3 is 40.3 Å². The second-order valence-electron chi connectivity index (χ2n) is 18.6. The number of carbonyl (C=O) groups is 1. The molecule has 7 unspecified atom stereocenters. The van der Waals surface area contributed by atoms with Crippen molar-refractivity contribution in [1.82, 2.24) is 5.32 Å². The maximum Gasteiger partial charge on any atom is 0.220 e. The molecular weight excluding hydrogens is 815 g/mol. The van der Waals surface area contributed by atoms with Crippen LogP contribution in [0.4, 0.5) is 0 Å². The highest BCUT2D eigenvalue weighted by Crippen LogP contribution is 2.23. The molecular formula is C56H101NO8. The van der Waals surface area contributed by atoms with Gasteiger partial charge in [-0.05, 0) is 77.0 Å². The van der Waals surface area contributed by atoms with Crippen molar-refractivity contribution < 1.29 is 39.8 Å². The molecule has 0 aromatic heterocycles. The summed E-state index contributed by atoms with van der Waals surface area (Å²) in [5, 5.41) is 54.3. The number of unbranched alkanes of at least 4 members (excludes halogenated alkanes) is 27. The van der Waals surface area contributed by atoms with Crippen molar-refractivity contribution in [2.45, 2.75) is 275 Å². The van der Waals surface area contributed by atoms with E-state index >= 15 is 0 Å². The van der Waals surface area contributed by atoms with Crippen molar-refractivity contribution in [2.75, 3.05) is 13.2 Å². The minimum absolute atomic E-state index is 0.194. The molecule has 1 amide bonds. The number of hydrogen-bond donors (Lipinski definition) is 6. The van der Waals surface area contributed by atoms with Gasteiger partial charge in [-0.1, -0.05) is 209 Å². The highest BCUT2D eigenvalue weighted by Gasteiger charge is 2.44. The van der Waals surface area contributed by atoms with E-state index in [1.807, 2.05) is 6.08 Å². The van der Waals surface area contributed by atoms with Crippen molar-refractivity contribution in [1.29, 1.82) is 0 Å². The molecule has 9 nitrogen and oxygen atoms in total. The average molecular weight is 916 g/mol. The molecule has 1 rings (SSSR count). The fourth-order valence-corrected chi connectivity index (χ4v) is 8.22. The zero-order chi connectivity index (χ0) is 47.3. The maximum absolute atomic E-state index is 13.0. The van der Waals surface area contributed by atoms with E-state index in [1.54, 1.807) is 6.08 Å². The molecule has 65 heavy (non-hydrogen) atoms. The molecule has 0 radical (unpaired) electrons. The van der Waals surface area contributed by atoms with Crippen molar-refractivity contribution in [3.8, 4) is 0 Å². The number of aliphatic hydroxyl groups is 5. The van der Waals surface area contributed by atoms with Gasteiger partial charge in [-0.15, -0.1) is 0 Å². The Morgan fingerprint density at radius 2 is 0.923 bits per heavy atom. The van der Waals surface area contributed by atoms with Crippen molar-refractivity contribution in [2.24, 2.45) is 0 Å². The summed E-state index contributed by atoms with van der Waals surface area (Å²) in [6, 6.07) is -0.831. The lowest BCUT2D eigenvalue weighted by Gasteiger charge is -2.40. The first-order chi connectivity index (χ1) is 31.8. The van der Waals surface area contributed by atoms with Crippen LogP contribution in [0, 0.1) is 0 Å². The number of allylic oxidation sites excluding steroid dienone is 9. The number of aliphatic hydroxyl groups excluding tert-OH is 5. The minimum atomic E-state index is -1.58. The van der Waals surface area contributed by atoms with Crippen LogP contribution in [0.5, 0.6) is 0 Å². The number of amides is 1. The van der Waals surface area contributed by atoms with Crippen LogP contribution in [0.25, 0.3) is 0 Å². The van der Waals surface area contributed by atoms with Gasteiger partial charge in [0.05, 0.1) is 25.4 Å². The van der Waals surface area contributed by atoms with Gasteiger partial charge in [0.1, 0.15) is 24.4 Å². The van der Waals surface area contributed by atoms with Gasteiger partial charge in [-0.2, -0.15) is 0 Å². The molecule has 1 heterocycles. The number of carbonyl (C=O) groups excluding carboxylic acids is 1. The summed E-state index contributed by atoms with van der Waals surface area (Å²) in [6.07, 6.45) is 54.2. The normalized spacial score (nSPS) is 20.4. The van der Waals surface area contributed by atoms with E-state index in [4.69, 9.17) is 9.47 Å². The van der Waals surface area contributed by atoms with Gasteiger partial charge in [0, 0.05) is 6.42 Å². The van der Waals surface area contributed by atoms with Crippen LogP contribution in [-0.4, -0.2) is 87.5 Å². The first-order valence-electron chi connectivity index (χ1n) is 27.0. The summed E-state index contributed by atoms with van der Waals surface area (Å²) in [7, 11) is 0. The first-order valence-corrected chi connectivity index (χ1v) is 27.0. The molecule has 1 saturated heterocycles. The smallest absolute Gasteiger partial charge is 0.220 e. The quantitative estimate of drug-likeness (QED) is 0.0261. The third-order valence-electron chi connectivity index (χ3n) is 12.5. The molecule has 1 aliphatic rings. The third kappa shape index (κ3) is 35.7. The second-order valence-corrected chi connectivity index (χ2v) is 18.6. The number of nitrogens with one attached hydrogen (secondary N) is 1. The van der Waals surface area contributed by atoms with Crippen LogP contribution in [-0.2, 0) is 14.3 Å². The van der Waals surface area contributed by atoms with Crippen molar-refractivity contribution in [3.63, 3.8) is 0 Å². The Kier molecular flexibility index (Phi) is 42.8. The lowest BCUT2D eigenvalue weighted by atomic mass is 9.99. The first kappa shape index (κ1) is 60.9. The minimum Gasteiger partial charge on any atom is -0.394 e. The van der Waals surface area contributed by atoms with E-state index in [1.165, 1.54) is 154 Å². The molecule has 0 saturated carbocycles. The van der Waals surface area contributed by atoms with Gasteiger partial charge in [-0.25, -0.2) is 0 Å². The zero-order valence-corrected chi connectivity index (χ0v) is 41.7. The molecule has 7 atom stereocenters. The van der Waals surface area contributed by atoms with Crippen molar-refractivity contribution >= 4 is 5.91 Å². The Morgan fingerprint density at radius 3 is 1.38 bits per heavy atom. The summed E-state index contributed by atoms with van der Waals surface area (Å²) in [5.74, 6) is -0.194. The van der Waals surface area contributed by atoms with E-state index in [-0.39, 0.29) is 12.5 Å². The SMILES string of the molecule is CCCCCCC/C=C/CC/C=C/CC/C=C/C(O)C(COC1OC(CO)C(O)C(O)C1O)NC(=O)CCCCCCCCCCCCC/C=C\C/C=C\CCCCCCCCCCC. The topological polar surface area (TPSA) is 149 Å². The standard InChI is InChI=1S/C56H101NO8/c1-3-5-7-9-11-13-15-17-19-20-21-22-23-24-25-26-27-28-29-30-32-34-36-38-40-42-44-46-52(60)57-49(48-64-56-55(63)54(62)53(61)51(47-58)65-56)50(59)45-43-41-39-37-35-33-31-18-16-14-12-10-8-6-4-2/h16,18,21-22,24-25,35,37,43,45,49-51,53-56,58-59,61-63H,3-15,17,19-20,23,26-34,36,38-42,44,46-48H2,1-2H3,(H,57,60)/b18-16+,22-21-,25-24-,37-35+,45-43+. The van der Waals surface area contributed by atoms with Crippen molar-refractivity contribution in [3.05, 3.63) is 60.8 Å². The van der Waals surface area contributed by atoms with Crippen LogP contribution in [0.1, 0.15) is 232 Å². The monoisotopic (exact) mass is 916 g/mol. The molecule has 1 aliphatic heterocycles. The zero-order valence-electron chi connectivity index (χ0n) is 41.7. The predicted molar refractivity (Wildman–Crippen MR) is 272 cm³/mol. The predicted octanol–water partition coefficient (Wildman–Crippen LogP) is 12.7. The van der Waals surface area contributed by atoms with Crippen LogP contribution in [0.3, 0.4) is 0 Å². The van der Waals surface area contributed by atoms with Gasteiger partial charge in [0.15, 0.2) is 6.29 Å². The highest BCUT2D eigenvalue weighted by atomic mass is 16.7. The maximum atomic E-state index is 13.0. The van der Waals surface area contributed by atoms with E-state index in [2.05, 4.69) is 67.8 Å². The molecule has 0 spiro atoms. The lowest BCUT2D eigenvalue weighted by molar-refractivity contribution is -0.302. The molecule has 0 aromatic rings. The van der Waals surface area contributed by atoms with E-state index in [0.29, 0.717) is 6.42 Å². The van der Waals surface area contributed by atoms with E-state index in [9.17, 15) is 30.3 Å². The largest absolute Gasteiger partial charge is 0.394 e. The van der Waals surface area contributed by atoms with Crippen LogP contribution in [0.2, 0.25) is 0 Å². The van der Waals surface area contributed by atoms with Gasteiger partial charge >= 0.3 is 0 Å². The second kappa shape index (κ2) is 45.7. The molecule has 378 valence electrons. The summed E-state index contributed by atoms with van der Waals surface area (Å²) < 4.78 is 11.2. The van der Waals surface area contributed by atoms with Gasteiger partial charge in [0.2, 0.25) is 5.91 Å².